The summed E-state index contributed by atoms with van der Waals surface area (Å²) in [6.07, 6.45) is 5.21. The predicted molar refractivity (Wildman–Crippen MR) is 81.5 cm³/mol. The van der Waals surface area contributed by atoms with Gasteiger partial charge in [0.1, 0.15) is 5.78 Å². The van der Waals surface area contributed by atoms with Crippen LogP contribution in [-0.2, 0) is 16.1 Å². The van der Waals surface area contributed by atoms with Gasteiger partial charge < -0.3 is 4.90 Å². The molecule has 1 aromatic carbocycles. The van der Waals surface area contributed by atoms with Gasteiger partial charge in [-0.15, -0.1) is 6.58 Å². The fraction of sp³-hybridized carbons (Fsp3) is 0.444. The monoisotopic (exact) mass is 283 g/mol. The fourth-order valence-corrected chi connectivity index (χ4v) is 3.84. The first-order chi connectivity index (χ1) is 10.1. The highest BCUT2D eigenvalue weighted by Gasteiger charge is 2.49. The Balaban J connectivity index is 1.91. The normalized spacial score (nSPS) is 28.6. The molecule has 2 aliphatic rings. The number of carbonyl (C=O) groups excluding carboxylic acids is 2. The molecule has 2 atom stereocenters. The zero-order chi connectivity index (χ0) is 14.9. The lowest BCUT2D eigenvalue weighted by Gasteiger charge is -2.52. The molecular weight excluding hydrogens is 262 g/mol. The van der Waals surface area contributed by atoms with E-state index in [1.165, 1.54) is 0 Å². The summed E-state index contributed by atoms with van der Waals surface area (Å²) in [6.45, 7) is 4.49. The highest BCUT2D eigenvalue weighted by molar-refractivity contribution is 5.90. The van der Waals surface area contributed by atoms with Gasteiger partial charge in [-0.1, -0.05) is 36.4 Å². The van der Waals surface area contributed by atoms with Crippen LogP contribution in [0.3, 0.4) is 0 Å². The Morgan fingerprint density at radius 1 is 1.29 bits per heavy atom. The van der Waals surface area contributed by atoms with Crippen LogP contribution in [0.4, 0.5) is 0 Å². The van der Waals surface area contributed by atoms with E-state index >= 15 is 0 Å². The number of hydrogen-bond acceptors (Lipinski definition) is 2. The van der Waals surface area contributed by atoms with Crippen LogP contribution in [0.25, 0.3) is 0 Å². The van der Waals surface area contributed by atoms with E-state index in [0.29, 0.717) is 19.4 Å². The van der Waals surface area contributed by atoms with E-state index in [-0.39, 0.29) is 23.1 Å². The standard InChI is InChI=1S/C18H21NO2/c1-2-9-18-10-8-16(20)15(12-18)11-17(21)19(18)13-14-6-4-3-5-7-14/h2-7,15H,1,8-13H2/t15-,18-/m0/s1. The van der Waals surface area contributed by atoms with Crippen LogP contribution in [0.5, 0.6) is 0 Å². The number of likely N-dealkylation sites (tertiary alicyclic amines) is 1. The van der Waals surface area contributed by atoms with E-state index in [9.17, 15) is 9.59 Å². The second-order valence-corrected chi connectivity index (χ2v) is 6.25. The highest BCUT2D eigenvalue weighted by Crippen LogP contribution is 2.44. The van der Waals surface area contributed by atoms with Gasteiger partial charge in [-0.05, 0) is 24.8 Å². The van der Waals surface area contributed by atoms with Crippen molar-refractivity contribution in [3.63, 3.8) is 0 Å². The van der Waals surface area contributed by atoms with Crippen LogP contribution in [0.2, 0.25) is 0 Å². The second-order valence-electron chi connectivity index (χ2n) is 6.25. The summed E-state index contributed by atoms with van der Waals surface area (Å²) in [6, 6.07) is 10.1. The van der Waals surface area contributed by atoms with Gasteiger partial charge in [-0.25, -0.2) is 0 Å². The van der Waals surface area contributed by atoms with E-state index in [0.717, 1.165) is 24.8 Å². The number of benzene rings is 1. The van der Waals surface area contributed by atoms with Crippen molar-refractivity contribution >= 4 is 11.7 Å². The average Bonchev–Trinajstić information content (AvgIpc) is 2.49. The minimum Gasteiger partial charge on any atom is -0.332 e. The summed E-state index contributed by atoms with van der Waals surface area (Å²) in [5.74, 6) is 0.311. The molecule has 3 rings (SSSR count). The second kappa shape index (κ2) is 5.47. The number of amides is 1. The maximum Gasteiger partial charge on any atom is 0.224 e. The number of nitrogens with zero attached hydrogens (tertiary/aromatic N) is 1. The van der Waals surface area contributed by atoms with Crippen LogP contribution in [-0.4, -0.2) is 22.1 Å². The third kappa shape index (κ3) is 2.53. The van der Waals surface area contributed by atoms with Crippen molar-refractivity contribution in [3.8, 4) is 0 Å². The smallest absolute Gasteiger partial charge is 0.224 e. The van der Waals surface area contributed by atoms with Crippen molar-refractivity contribution < 1.29 is 9.59 Å². The van der Waals surface area contributed by atoms with Gasteiger partial charge in [0.2, 0.25) is 5.91 Å². The largest absolute Gasteiger partial charge is 0.332 e. The number of hydrogen-bond donors (Lipinski definition) is 0. The van der Waals surface area contributed by atoms with Crippen molar-refractivity contribution in [2.45, 2.75) is 44.2 Å². The van der Waals surface area contributed by atoms with E-state index in [1.807, 2.05) is 29.2 Å². The molecule has 3 nitrogen and oxygen atoms in total. The highest BCUT2D eigenvalue weighted by atomic mass is 16.2. The zero-order valence-electron chi connectivity index (χ0n) is 12.3. The van der Waals surface area contributed by atoms with Crippen molar-refractivity contribution in [1.29, 1.82) is 0 Å². The first kappa shape index (κ1) is 14.1. The third-order valence-electron chi connectivity index (χ3n) is 4.92. The lowest BCUT2D eigenvalue weighted by Crippen LogP contribution is -2.59. The van der Waals surface area contributed by atoms with Gasteiger partial charge in [0.15, 0.2) is 0 Å². The summed E-state index contributed by atoms with van der Waals surface area (Å²) in [7, 11) is 0. The summed E-state index contributed by atoms with van der Waals surface area (Å²) >= 11 is 0. The molecule has 1 heterocycles. The zero-order valence-corrected chi connectivity index (χ0v) is 12.3. The van der Waals surface area contributed by atoms with Crippen LogP contribution in [0, 0.1) is 5.92 Å². The summed E-state index contributed by atoms with van der Waals surface area (Å²) in [4.78, 5) is 26.5. The third-order valence-corrected chi connectivity index (χ3v) is 4.92. The lowest BCUT2D eigenvalue weighted by atomic mass is 9.68. The van der Waals surface area contributed by atoms with Crippen molar-refractivity contribution in [1.82, 2.24) is 4.90 Å². The number of ketones is 1. The first-order valence-corrected chi connectivity index (χ1v) is 7.63. The average molecular weight is 283 g/mol. The molecule has 0 spiro atoms. The van der Waals surface area contributed by atoms with Crippen molar-refractivity contribution in [2.75, 3.05) is 0 Å². The number of fused-ring (bicyclic) bond motifs is 2. The SMILES string of the molecule is C=CC[C@@]12CCC(=O)[C@@H](CC(=O)N1Cc1ccccc1)C2. The molecule has 2 bridgehead atoms. The molecule has 1 saturated carbocycles. The number of piperidine rings is 1. The summed E-state index contributed by atoms with van der Waals surface area (Å²) in [5.41, 5.74) is 0.940. The molecule has 2 fully saturated rings. The fourth-order valence-electron chi connectivity index (χ4n) is 3.84. The van der Waals surface area contributed by atoms with Crippen LogP contribution < -0.4 is 0 Å². The Morgan fingerprint density at radius 2 is 2.05 bits per heavy atom. The number of carbonyl (C=O) groups is 2. The molecule has 0 unspecified atom stereocenters. The van der Waals surface area contributed by atoms with Crippen molar-refractivity contribution in [3.05, 3.63) is 48.6 Å². The summed E-state index contributed by atoms with van der Waals surface area (Å²) < 4.78 is 0. The van der Waals surface area contributed by atoms with Crippen LogP contribution in [0.15, 0.2) is 43.0 Å². The molecule has 0 N–H and O–H groups in total. The molecule has 21 heavy (non-hydrogen) atoms. The molecule has 0 aromatic heterocycles. The van der Waals surface area contributed by atoms with Gasteiger partial charge in [-0.3, -0.25) is 9.59 Å². The maximum absolute atomic E-state index is 12.6. The Morgan fingerprint density at radius 3 is 2.76 bits per heavy atom. The summed E-state index contributed by atoms with van der Waals surface area (Å²) in [5, 5.41) is 0. The Hall–Kier alpha value is -1.90. The molecule has 1 aliphatic carbocycles. The van der Waals surface area contributed by atoms with E-state index < -0.39 is 0 Å². The lowest BCUT2D eigenvalue weighted by molar-refractivity contribution is -0.155. The predicted octanol–water partition coefficient (Wildman–Crippen LogP) is 3.10. The number of rotatable bonds is 4. The quantitative estimate of drug-likeness (QED) is 0.796. The Bertz CT molecular complexity index is 566. The topological polar surface area (TPSA) is 37.4 Å². The van der Waals surface area contributed by atoms with Crippen molar-refractivity contribution in [2.24, 2.45) is 5.92 Å². The van der Waals surface area contributed by atoms with Gasteiger partial charge in [0.25, 0.3) is 0 Å². The first-order valence-electron chi connectivity index (χ1n) is 7.63. The van der Waals surface area contributed by atoms with Crippen LogP contribution >= 0.6 is 0 Å². The van der Waals surface area contributed by atoms with E-state index in [4.69, 9.17) is 0 Å². The van der Waals surface area contributed by atoms with Gasteiger partial charge >= 0.3 is 0 Å². The number of Topliss-reactive ketones (excluding diaryl/α,β-unsaturated/α-hetero) is 1. The van der Waals surface area contributed by atoms with Gasteiger partial charge in [0.05, 0.1) is 0 Å². The molecule has 1 aromatic rings. The van der Waals surface area contributed by atoms with Gasteiger partial charge in [0, 0.05) is 30.8 Å². The molecule has 0 radical (unpaired) electrons. The molecule has 3 heteroatoms. The molecular formula is C18H21NO2. The van der Waals surface area contributed by atoms with Gasteiger partial charge in [-0.2, -0.15) is 0 Å². The Kier molecular flexibility index (Phi) is 3.66. The van der Waals surface area contributed by atoms with E-state index in [2.05, 4.69) is 18.7 Å². The molecule has 1 amide bonds. The molecule has 1 aliphatic heterocycles. The Labute approximate surface area is 125 Å². The maximum atomic E-state index is 12.6. The minimum absolute atomic E-state index is 0.0711. The van der Waals surface area contributed by atoms with Crippen LogP contribution in [0.1, 0.15) is 37.7 Å². The molecule has 110 valence electrons. The molecule has 1 saturated heterocycles. The van der Waals surface area contributed by atoms with E-state index in [1.54, 1.807) is 0 Å². The minimum atomic E-state index is -0.203.